The summed E-state index contributed by atoms with van der Waals surface area (Å²) in [6.07, 6.45) is 1.62. The van der Waals surface area contributed by atoms with E-state index in [-0.39, 0.29) is 36.8 Å². The first-order valence-corrected chi connectivity index (χ1v) is 8.09. The number of ether oxygens (including phenoxy) is 1. The van der Waals surface area contributed by atoms with Crippen LogP contribution in [0.5, 0.6) is 5.88 Å². The van der Waals surface area contributed by atoms with Gasteiger partial charge in [-0.15, -0.1) is 0 Å². The van der Waals surface area contributed by atoms with Crippen LogP contribution in [0, 0.1) is 6.92 Å². The second kappa shape index (κ2) is 8.77. The lowest BCUT2D eigenvalue weighted by atomic mass is 10.2. The minimum atomic E-state index is -0.328. The summed E-state index contributed by atoms with van der Waals surface area (Å²) in [6.45, 7) is 5.77. The molecule has 0 saturated heterocycles. The number of carbonyl (C=O) groups is 2. The van der Waals surface area contributed by atoms with Crippen molar-refractivity contribution >= 4 is 17.6 Å². The first kappa shape index (κ1) is 18.4. The molecule has 0 aliphatic carbocycles. The highest BCUT2D eigenvalue weighted by Crippen LogP contribution is 2.15. The number of aromatic nitrogens is 2. The predicted molar refractivity (Wildman–Crippen MR) is 94.6 cm³/mol. The fraction of sp³-hybridized carbons (Fsp3) is 0.333. The Labute approximate surface area is 146 Å². The van der Waals surface area contributed by atoms with Crippen molar-refractivity contribution in [2.75, 3.05) is 11.9 Å². The molecule has 0 bridgehead atoms. The summed E-state index contributed by atoms with van der Waals surface area (Å²) in [5.74, 6) is 0.230. The summed E-state index contributed by atoms with van der Waals surface area (Å²) >= 11 is 0. The Kier molecular flexibility index (Phi) is 6.45. The zero-order valence-electron chi connectivity index (χ0n) is 14.6. The summed E-state index contributed by atoms with van der Waals surface area (Å²) in [5, 5.41) is 5.40. The van der Waals surface area contributed by atoms with Crippen molar-refractivity contribution in [2.45, 2.75) is 33.3 Å². The molecule has 0 saturated carbocycles. The summed E-state index contributed by atoms with van der Waals surface area (Å²) in [6, 6.07) is 8.68. The van der Waals surface area contributed by atoms with Crippen molar-refractivity contribution in [1.82, 2.24) is 15.3 Å². The Morgan fingerprint density at radius 3 is 2.72 bits per heavy atom. The van der Waals surface area contributed by atoms with Crippen LogP contribution in [-0.4, -0.2) is 34.4 Å². The molecule has 2 N–H and O–H groups in total. The lowest BCUT2D eigenvalue weighted by Gasteiger charge is -2.12. The van der Waals surface area contributed by atoms with E-state index in [9.17, 15) is 9.59 Å². The monoisotopic (exact) mass is 342 g/mol. The summed E-state index contributed by atoms with van der Waals surface area (Å²) in [7, 11) is 0. The van der Waals surface area contributed by atoms with Gasteiger partial charge in [0, 0.05) is 24.9 Å². The first-order valence-electron chi connectivity index (χ1n) is 8.09. The molecule has 25 heavy (non-hydrogen) atoms. The van der Waals surface area contributed by atoms with Crippen LogP contribution < -0.4 is 15.4 Å². The van der Waals surface area contributed by atoms with Crippen LogP contribution in [0.4, 0.5) is 5.82 Å². The number of hydrogen-bond donors (Lipinski definition) is 2. The number of aryl methyl sites for hydroxylation is 1. The summed E-state index contributed by atoms with van der Waals surface area (Å²) in [5.41, 5.74) is 1.16. The van der Waals surface area contributed by atoms with Crippen LogP contribution in [-0.2, 0) is 4.79 Å². The molecule has 0 aliphatic heterocycles. The van der Waals surface area contributed by atoms with Crippen molar-refractivity contribution in [1.29, 1.82) is 0 Å². The predicted octanol–water partition coefficient (Wildman–Crippen LogP) is 2.33. The number of amides is 2. The molecule has 2 aromatic heterocycles. The Morgan fingerprint density at radius 2 is 2.00 bits per heavy atom. The van der Waals surface area contributed by atoms with Gasteiger partial charge in [0.05, 0.1) is 6.10 Å². The molecular formula is C18H22N4O3. The van der Waals surface area contributed by atoms with Gasteiger partial charge in [-0.3, -0.25) is 9.59 Å². The third-order valence-electron chi connectivity index (χ3n) is 3.16. The maximum Gasteiger partial charge on any atom is 0.256 e. The maximum absolute atomic E-state index is 12.3. The summed E-state index contributed by atoms with van der Waals surface area (Å²) in [4.78, 5) is 32.4. The number of nitrogens with zero attached hydrogens (tertiary/aromatic N) is 2. The minimum absolute atomic E-state index is 0.0888. The molecule has 2 rings (SSSR count). The van der Waals surface area contributed by atoms with Gasteiger partial charge in [0.25, 0.3) is 5.91 Å². The Balaban J connectivity index is 1.85. The second-order valence-corrected chi connectivity index (χ2v) is 5.74. The van der Waals surface area contributed by atoms with Gasteiger partial charge in [0.2, 0.25) is 11.8 Å². The number of rotatable bonds is 7. The van der Waals surface area contributed by atoms with E-state index in [1.54, 1.807) is 24.4 Å². The van der Waals surface area contributed by atoms with Gasteiger partial charge in [-0.1, -0.05) is 6.07 Å². The van der Waals surface area contributed by atoms with Crippen molar-refractivity contribution in [3.8, 4) is 5.88 Å². The minimum Gasteiger partial charge on any atom is -0.474 e. The SMILES string of the molecule is Cc1cccc(NC(=O)CCNC(=O)c2cccnc2OC(C)C)n1. The van der Waals surface area contributed by atoms with E-state index in [4.69, 9.17) is 4.74 Å². The van der Waals surface area contributed by atoms with Crippen LogP contribution in [0.25, 0.3) is 0 Å². The van der Waals surface area contributed by atoms with Crippen LogP contribution in [0.1, 0.15) is 36.3 Å². The van der Waals surface area contributed by atoms with E-state index >= 15 is 0 Å². The average molecular weight is 342 g/mol. The highest BCUT2D eigenvalue weighted by atomic mass is 16.5. The standard InChI is InChI=1S/C18H22N4O3/c1-12(2)25-18-14(7-5-10-20-18)17(24)19-11-9-16(23)22-15-8-4-6-13(3)21-15/h4-8,10,12H,9,11H2,1-3H3,(H,19,24)(H,21,22,23). The Bertz CT molecular complexity index is 747. The van der Waals surface area contributed by atoms with E-state index in [1.165, 1.54) is 0 Å². The van der Waals surface area contributed by atoms with Gasteiger partial charge in [-0.25, -0.2) is 9.97 Å². The van der Waals surface area contributed by atoms with Crippen molar-refractivity contribution < 1.29 is 14.3 Å². The maximum atomic E-state index is 12.3. The molecule has 2 aromatic rings. The Hall–Kier alpha value is -2.96. The van der Waals surface area contributed by atoms with Crippen molar-refractivity contribution in [2.24, 2.45) is 0 Å². The zero-order valence-corrected chi connectivity index (χ0v) is 14.6. The smallest absolute Gasteiger partial charge is 0.256 e. The topological polar surface area (TPSA) is 93.2 Å². The molecule has 2 amide bonds. The fourth-order valence-electron chi connectivity index (χ4n) is 2.08. The van der Waals surface area contributed by atoms with Crippen LogP contribution >= 0.6 is 0 Å². The largest absolute Gasteiger partial charge is 0.474 e. The van der Waals surface area contributed by atoms with Gasteiger partial charge in [0.15, 0.2) is 0 Å². The van der Waals surface area contributed by atoms with E-state index in [0.29, 0.717) is 11.4 Å². The lowest BCUT2D eigenvalue weighted by Crippen LogP contribution is -2.28. The molecule has 0 fully saturated rings. The van der Waals surface area contributed by atoms with Crippen molar-refractivity contribution in [3.63, 3.8) is 0 Å². The number of pyridine rings is 2. The Morgan fingerprint density at radius 1 is 1.20 bits per heavy atom. The number of nitrogens with one attached hydrogen (secondary N) is 2. The third-order valence-corrected chi connectivity index (χ3v) is 3.16. The van der Waals surface area contributed by atoms with E-state index in [1.807, 2.05) is 32.9 Å². The van der Waals surface area contributed by atoms with E-state index < -0.39 is 0 Å². The molecule has 0 aromatic carbocycles. The number of anilines is 1. The first-order chi connectivity index (χ1) is 12.0. The highest BCUT2D eigenvalue weighted by Gasteiger charge is 2.14. The quantitative estimate of drug-likeness (QED) is 0.805. The van der Waals surface area contributed by atoms with Crippen LogP contribution in [0.15, 0.2) is 36.5 Å². The summed E-state index contributed by atoms with van der Waals surface area (Å²) < 4.78 is 5.52. The number of hydrogen-bond acceptors (Lipinski definition) is 5. The molecule has 132 valence electrons. The second-order valence-electron chi connectivity index (χ2n) is 5.74. The normalized spacial score (nSPS) is 10.4. The molecule has 0 atom stereocenters. The molecule has 0 radical (unpaired) electrons. The van der Waals surface area contributed by atoms with E-state index in [0.717, 1.165) is 5.69 Å². The lowest BCUT2D eigenvalue weighted by molar-refractivity contribution is -0.116. The highest BCUT2D eigenvalue weighted by molar-refractivity contribution is 5.97. The number of carbonyl (C=O) groups excluding carboxylic acids is 2. The molecule has 7 heteroatoms. The molecule has 0 spiro atoms. The third kappa shape index (κ3) is 5.87. The van der Waals surface area contributed by atoms with E-state index in [2.05, 4.69) is 20.6 Å². The molecule has 7 nitrogen and oxygen atoms in total. The van der Waals surface area contributed by atoms with Gasteiger partial charge in [0.1, 0.15) is 11.4 Å². The van der Waals surface area contributed by atoms with Gasteiger partial charge in [-0.05, 0) is 45.0 Å². The molecule has 2 heterocycles. The van der Waals surface area contributed by atoms with Crippen LogP contribution in [0.3, 0.4) is 0 Å². The molecule has 0 aliphatic rings. The van der Waals surface area contributed by atoms with Gasteiger partial charge >= 0.3 is 0 Å². The zero-order chi connectivity index (χ0) is 18.2. The fourth-order valence-corrected chi connectivity index (χ4v) is 2.08. The van der Waals surface area contributed by atoms with Crippen LogP contribution in [0.2, 0.25) is 0 Å². The molecule has 0 unspecified atom stereocenters. The molecular weight excluding hydrogens is 320 g/mol. The average Bonchev–Trinajstić information content (AvgIpc) is 2.54. The van der Waals surface area contributed by atoms with Gasteiger partial charge < -0.3 is 15.4 Å². The van der Waals surface area contributed by atoms with Crippen molar-refractivity contribution in [3.05, 3.63) is 47.8 Å². The van der Waals surface area contributed by atoms with Gasteiger partial charge in [-0.2, -0.15) is 0 Å².